The van der Waals surface area contributed by atoms with Gasteiger partial charge in [0.05, 0.1) is 18.1 Å². The first-order chi connectivity index (χ1) is 19.6. The van der Waals surface area contributed by atoms with Gasteiger partial charge in [-0.3, -0.25) is 4.79 Å². The van der Waals surface area contributed by atoms with Crippen LogP contribution in [-0.4, -0.2) is 64.2 Å². The van der Waals surface area contributed by atoms with Gasteiger partial charge < -0.3 is 29.5 Å². The van der Waals surface area contributed by atoms with Gasteiger partial charge in [-0.15, -0.1) is 0 Å². The van der Waals surface area contributed by atoms with Gasteiger partial charge in [0.25, 0.3) is 0 Å². The van der Waals surface area contributed by atoms with Gasteiger partial charge in [-0.05, 0) is 122 Å². The van der Waals surface area contributed by atoms with E-state index in [-0.39, 0.29) is 51.4 Å². The van der Waals surface area contributed by atoms with Crippen molar-refractivity contribution in [3.63, 3.8) is 0 Å². The minimum atomic E-state index is -1.26. The summed E-state index contributed by atoms with van der Waals surface area (Å²) in [6.45, 7) is 17.1. The van der Waals surface area contributed by atoms with Crippen molar-refractivity contribution in [3.05, 3.63) is 0 Å². The summed E-state index contributed by atoms with van der Waals surface area (Å²) in [5.41, 5.74) is -0.0906. The van der Waals surface area contributed by atoms with Crippen LogP contribution in [0.3, 0.4) is 0 Å². The number of hydrogen-bond acceptors (Lipinski definition) is 7. The molecule has 5 saturated carbocycles. The van der Waals surface area contributed by atoms with E-state index < -0.39 is 24.6 Å². The molecule has 0 amide bonds. The highest BCUT2D eigenvalue weighted by Gasteiger charge is 2.74. The zero-order valence-corrected chi connectivity index (χ0v) is 27.0. The van der Waals surface area contributed by atoms with Crippen LogP contribution >= 0.6 is 0 Å². The van der Waals surface area contributed by atoms with Gasteiger partial charge in [-0.25, -0.2) is 0 Å². The van der Waals surface area contributed by atoms with Crippen molar-refractivity contribution in [1.29, 1.82) is 0 Å². The largest absolute Gasteiger partial charge is 0.459 e. The summed E-state index contributed by atoms with van der Waals surface area (Å²) in [6.07, 6.45) is 6.28. The molecule has 8 aliphatic rings. The second kappa shape index (κ2) is 9.18. The van der Waals surface area contributed by atoms with E-state index >= 15 is 0 Å². The number of esters is 1. The summed E-state index contributed by atoms with van der Waals surface area (Å²) in [4.78, 5) is 13.6. The molecule has 238 valence electrons. The Hall–Kier alpha value is -0.730. The minimum absolute atomic E-state index is 0.0326. The molecule has 7 nitrogen and oxygen atoms in total. The van der Waals surface area contributed by atoms with E-state index in [0.717, 1.165) is 44.9 Å². The third-order valence-electron chi connectivity index (χ3n) is 16.1. The first-order valence-corrected chi connectivity index (χ1v) is 17.1. The van der Waals surface area contributed by atoms with Gasteiger partial charge in [-0.1, -0.05) is 41.5 Å². The van der Waals surface area contributed by atoms with Crippen molar-refractivity contribution in [2.24, 2.45) is 56.7 Å². The fraction of sp³-hybridized carbons (Fsp3) is 0.971. The van der Waals surface area contributed by atoms with Crippen molar-refractivity contribution in [2.75, 3.05) is 6.61 Å². The first-order valence-electron chi connectivity index (χ1n) is 17.1. The van der Waals surface area contributed by atoms with E-state index in [4.69, 9.17) is 14.2 Å². The molecule has 8 fully saturated rings. The third kappa shape index (κ3) is 3.55. The lowest BCUT2D eigenvalue weighted by atomic mass is 9.30. The lowest BCUT2D eigenvalue weighted by molar-refractivity contribution is -0.315. The predicted octanol–water partition coefficient (Wildman–Crippen LogP) is 5.23. The Labute approximate surface area is 252 Å². The number of carbonyl (C=O) groups is 1. The maximum absolute atomic E-state index is 13.6. The Morgan fingerprint density at radius 2 is 1.50 bits per heavy atom. The first kappa shape index (κ1) is 30.0. The fourth-order valence-corrected chi connectivity index (χ4v) is 13.3. The van der Waals surface area contributed by atoms with E-state index in [2.05, 4.69) is 48.5 Å². The van der Waals surface area contributed by atoms with E-state index in [1.54, 1.807) is 0 Å². The van der Waals surface area contributed by atoms with Gasteiger partial charge >= 0.3 is 5.97 Å². The molecule has 7 heteroatoms. The summed E-state index contributed by atoms with van der Waals surface area (Å²) in [6, 6.07) is 0. The smallest absolute Gasteiger partial charge is 0.312 e. The average molecular weight is 589 g/mol. The molecule has 3 heterocycles. The maximum Gasteiger partial charge on any atom is 0.312 e. The van der Waals surface area contributed by atoms with Crippen molar-refractivity contribution >= 4 is 5.97 Å². The highest BCUT2D eigenvalue weighted by Crippen LogP contribution is 2.78. The van der Waals surface area contributed by atoms with Crippen LogP contribution in [0.25, 0.3) is 0 Å². The quantitative estimate of drug-likeness (QED) is 0.300. The molecule has 3 N–H and O–H groups in total. The Morgan fingerprint density at radius 1 is 0.786 bits per heavy atom. The second-order valence-electron chi connectivity index (χ2n) is 17.6. The molecule has 1 spiro atoms. The summed E-state index contributed by atoms with van der Waals surface area (Å²) >= 11 is 0. The number of rotatable bonds is 2. The fourth-order valence-electron chi connectivity index (χ4n) is 13.3. The van der Waals surface area contributed by atoms with E-state index in [1.807, 2.05) is 0 Å². The van der Waals surface area contributed by atoms with Crippen molar-refractivity contribution < 1.29 is 34.3 Å². The maximum atomic E-state index is 13.6. The molecule has 0 unspecified atom stereocenters. The normalized spacial score (nSPS) is 60.0. The number of aliphatic hydroxyl groups is 3. The van der Waals surface area contributed by atoms with Crippen LogP contribution in [0.4, 0.5) is 0 Å². The van der Waals surface area contributed by atoms with Crippen molar-refractivity contribution in [3.8, 4) is 0 Å². The highest BCUT2D eigenvalue weighted by molar-refractivity contribution is 5.80. The van der Waals surface area contributed by atoms with Gasteiger partial charge in [-0.2, -0.15) is 0 Å². The van der Waals surface area contributed by atoms with Gasteiger partial charge in [0.2, 0.25) is 0 Å². The van der Waals surface area contributed by atoms with Gasteiger partial charge in [0.15, 0.2) is 6.29 Å². The summed E-state index contributed by atoms with van der Waals surface area (Å²) in [5, 5.41) is 30.8. The third-order valence-corrected chi connectivity index (χ3v) is 16.1. The van der Waals surface area contributed by atoms with E-state index in [0.29, 0.717) is 29.6 Å². The molecule has 0 radical (unpaired) electrons. The monoisotopic (exact) mass is 588 g/mol. The van der Waals surface area contributed by atoms with Crippen LogP contribution in [0.15, 0.2) is 0 Å². The molecule has 2 bridgehead atoms. The lowest BCUT2D eigenvalue weighted by Crippen LogP contribution is -2.72. The predicted molar refractivity (Wildman–Crippen MR) is 157 cm³/mol. The Balaban J connectivity index is 1.16. The van der Waals surface area contributed by atoms with Crippen LogP contribution in [0.5, 0.6) is 0 Å². The summed E-state index contributed by atoms with van der Waals surface area (Å²) in [5.74, 6) is 2.60. The minimum Gasteiger partial charge on any atom is -0.459 e. The average Bonchev–Trinajstić information content (AvgIpc) is 2.92. The molecule has 5 aliphatic carbocycles. The number of carbonyl (C=O) groups excluding carboxylic acids is 1. The van der Waals surface area contributed by atoms with Crippen molar-refractivity contribution in [1.82, 2.24) is 0 Å². The molecular formula is C35H56O7. The molecule has 3 aliphatic heterocycles. The van der Waals surface area contributed by atoms with Crippen molar-refractivity contribution in [2.45, 2.75) is 149 Å². The molecule has 0 aromatic heterocycles. The van der Waals surface area contributed by atoms with Crippen LogP contribution in [0.2, 0.25) is 0 Å². The second-order valence-corrected chi connectivity index (χ2v) is 17.6. The number of aliphatic hydroxyl groups excluding tert-OH is 3. The SMILES string of the molecule is C[C@H]1[C@@H]2[C@H]3CC[C@@H]4[C@@]5(C)CC[C@H](O[C@@H]6OC[C@H](O)[C@H](O)[C@H]6O)C(C)(C)[C@H]5CC[C@@]4(C)[C@]3(C)CC[C@@]23CC[C@]1(C)OC3=O. The Bertz CT molecular complexity index is 1120. The zero-order chi connectivity index (χ0) is 30.3. The summed E-state index contributed by atoms with van der Waals surface area (Å²) < 4.78 is 18.3. The van der Waals surface area contributed by atoms with Gasteiger partial charge in [0.1, 0.15) is 23.9 Å². The molecule has 0 aromatic rings. The number of ether oxygens (including phenoxy) is 3. The number of fused-ring (bicyclic) bond motifs is 7. The Kier molecular flexibility index (Phi) is 6.54. The van der Waals surface area contributed by atoms with Gasteiger partial charge in [0, 0.05) is 0 Å². The Morgan fingerprint density at radius 3 is 2.21 bits per heavy atom. The molecule has 15 atom stereocenters. The number of hydrogen-bond donors (Lipinski definition) is 3. The molecular weight excluding hydrogens is 532 g/mol. The molecule has 3 saturated heterocycles. The highest BCUT2D eigenvalue weighted by atomic mass is 16.7. The van der Waals surface area contributed by atoms with E-state index in [9.17, 15) is 20.1 Å². The van der Waals surface area contributed by atoms with Crippen LogP contribution in [0, 0.1) is 56.7 Å². The molecule has 42 heavy (non-hydrogen) atoms. The van der Waals surface area contributed by atoms with Crippen LogP contribution in [0.1, 0.15) is 113 Å². The summed E-state index contributed by atoms with van der Waals surface area (Å²) in [7, 11) is 0. The van der Waals surface area contributed by atoms with Crippen LogP contribution < -0.4 is 0 Å². The van der Waals surface area contributed by atoms with E-state index in [1.165, 1.54) is 19.3 Å². The zero-order valence-electron chi connectivity index (χ0n) is 27.0. The van der Waals surface area contributed by atoms with Crippen LogP contribution in [-0.2, 0) is 19.0 Å². The topological polar surface area (TPSA) is 105 Å². The molecule has 0 aromatic carbocycles. The lowest BCUT2D eigenvalue weighted by Gasteiger charge is -2.75. The standard InChI is InChI=1S/C35H56O7/c1-19-25-20-8-9-23-31(4)12-11-24(41-28-27(38)26(37)21(36)18-40-28)30(2,3)22(31)10-13-33(23,6)32(20,5)14-16-35(25)17-15-34(19,7)42-29(35)39/h19-28,36-38H,8-18H2,1-7H3/t19-,20+,21-,22+,23+,24-,25+,26-,27+,28-,31-,32+,33+,34-,35+/m0/s1. The molecule has 8 rings (SSSR count).